The van der Waals surface area contributed by atoms with E-state index in [0.717, 1.165) is 0 Å². The molecule has 108 valence electrons. The minimum Gasteiger partial charge on any atom is -0.122 e. The summed E-state index contributed by atoms with van der Waals surface area (Å²) in [5, 5.41) is 0. The van der Waals surface area contributed by atoms with Crippen molar-refractivity contribution in [3.05, 3.63) is 82.3 Å². The van der Waals surface area contributed by atoms with E-state index >= 15 is 0 Å². The molecule has 0 bridgehead atoms. The molecule has 2 rings (SSSR count). The Labute approximate surface area is 132 Å². The zero-order chi connectivity index (χ0) is 15.2. The summed E-state index contributed by atoms with van der Waals surface area (Å²) in [6.45, 7) is 9.68. The highest BCUT2D eigenvalue weighted by atomic mass is 28.3. The highest BCUT2D eigenvalue weighted by molar-refractivity contribution is 6.86. The molecule has 21 heavy (non-hydrogen) atoms. The van der Waals surface area contributed by atoms with Crippen molar-refractivity contribution >= 4 is 23.2 Å². The van der Waals surface area contributed by atoms with Crippen molar-refractivity contribution in [1.29, 1.82) is 0 Å². The third-order valence-electron chi connectivity index (χ3n) is 3.64. The van der Waals surface area contributed by atoms with Crippen molar-refractivity contribution in [3.63, 3.8) is 0 Å². The van der Waals surface area contributed by atoms with Crippen molar-refractivity contribution in [3.8, 4) is 0 Å². The molecular weight excluding hydrogens is 284 g/mol. The van der Waals surface area contributed by atoms with Gasteiger partial charge in [0.1, 0.15) is 0 Å². The second-order valence-electron chi connectivity index (χ2n) is 6.00. The lowest BCUT2D eigenvalue weighted by atomic mass is 9.99. The van der Waals surface area contributed by atoms with Crippen molar-refractivity contribution in [2.75, 3.05) is 0 Å². The van der Waals surface area contributed by atoms with Crippen LogP contribution in [0.2, 0.25) is 26.2 Å². The zero-order valence-electron chi connectivity index (χ0n) is 13.4. The summed E-state index contributed by atoms with van der Waals surface area (Å²) in [5.41, 5.74) is 7.64. The van der Waals surface area contributed by atoms with E-state index in [2.05, 4.69) is 92.6 Å². The van der Waals surface area contributed by atoms with E-state index in [1.807, 2.05) is 0 Å². The Morgan fingerprint density at radius 2 is 1.05 bits per heavy atom. The first-order valence-corrected chi connectivity index (χ1v) is 13.5. The van der Waals surface area contributed by atoms with Gasteiger partial charge in [-0.05, 0) is 11.1 Å². The fourth-order valence-corrected chi connectivity index (χ4v) is 8.82. The summed E-state index contributed by atoms with van der Waals surface area (Å²) in [5.74, 6) is 0. The van der Waals surface area contributed by atoms with E-state index in [1.165, 1.54) is 16.7 Å². The smallest absolute Gasteiger partial charge is 0.0640 e. The van der Waals surface area contributed by atoms with Gasteiger partial charge in [0.2, 0.25) is 0 Å². The Balaban J connectivity index is 2.70. The molecule has 0 atom stereocenters. The highest BCUT2D eigenvalue weighted by Crippen LogP contribution is 2.23. The second-order valence-corrected chi connectivity index (χ2v) is 12.5. The van der Waals surface area contributed by atoms with Crippen molar-refractivity contribution in [2.24, 2.45) is 0 Å². The van der Waals surface area contributed by atoms with Crippen molar-refractivity contribution < 1.29 is 0 Å². The van der Waals surface area contributed by atoms with E-state index < -0.39 is 17.6 Å². The molecule has 0 amide bonds. The van der Waals surface area contributed by atoms with Gasteiger partial charge in [-0.15, -0.1) is 5.73 Å². The third kappa shape index (κ3) is 4.18. The molecule has 0 heterocycles. The average Bonchev–Trinajstić information content (AvgIpc) is 2.49. The van der Waals surface area contributed by atoms with Gasteiger partial charge in [-0.1, -0.05) is 91.7 Å². The van der Waals surface area contributed by atoms with Crippen LogP contribution >= 0.6 is 0 Å². The molecule has 0 aliphatic heterocycles. The minimum atomic E-state index is -0.800. The Hall–Kier alpha value is -1.61. The fraction of sp³-hybridized carbons (Fsp3) is 0.211. The Kier molecular flexibility index (Phi) is 5.57. The molecule has 2 aromatic carbocycles. The summed E-state index contributed by atoms with van der Waals surface area (Å²) in [6, 6.07) is 21.4. The van der Waals surface area contributed by atoms with Crippen LogP contribution in [0.25, 0.3) is 5.57 Å². The summed E-state index contributed by atoms with van der Waals surface area (Å²) in [4.78, 5) is 1.65. The number of hydrogen-bond acceptors (Lipinski definition) is 0. The first-order chi connectivity index (χ1) is 10.1. The quantitative estimate of drug-likeness (QED) is 0.567. The van der Waals surface area contributed by atoms with E-state index in [-0.39, 0.29) is 0 Å². The topological polar surface area (TPSA) is 0 Å². The lowest BCUT2D eigenvalue weighted by Gasteiger charge is -2.13. The van der Waals surface area contributed by atoms with Gasteiger partial charge >= 0.3 is 0 Å². The number of benzene rings is 2. The molecular formula is C19H24Si2. The molecule has 0 saturated heterocycles. The largest absolute Gasteiger partial charge is 0.122 e. The molecule has 0 unspecified atom stereocenters. The molecule has 0 nitrogen and oxygen atoms in total. The number of rotatable bonds is 4. The maximum absolute atomic E-state index is 3.84. The van der Waals surface area contributed by atoms with Crippen LogP contribution in [0.15, 0.2) is 71.2 Å². The molecule has 0 aliphatic rings. The van der Waals surface area contributed by atoms with Crippen LogP contribution < -0.4 is 0 Å². The number of hydrogen-bond donors (Lipinski definition) is 0. The molecule has 0 fully saturated rings. The molecule has 0 aromatic heterocycles. The molecule has 0 radical (unpaired) electrons. The SMILES string of the molecule is C[SiH](C)C(=C=C(c1ccccc1)c1ccccc1)[SiH](C)C. The minimum absolute atomic E-state index is 0.800. The van der Waals surface area contributed by atoms with E-state index in [4.69, 9.17) is 0 Å². The second kappa shape index (κ2) is 7.42. The predicted octanol–water partition coefficient (Wildman–Crippen LogP) is 4.70. The summed E-state index contributed by atoms with van der Waals surface area (Å²) < 4.78 is 0. The van der Waals surface area contributed by atoms with Gasteiger partial charge in [-0.2, -0.15) is 0 Å². The van der Waals surface area contributed by atoms with Gasteiger partial charge in [0.05, 0.1) is 17.6 Å². The van der Waals surface area contributed by atoms with Crippen LogP contribution in [0, 0.1) is 0 Å². The van der Waals surface area contributed by atoms with Gasteiger partial charge in [0, 0.05) is 5.57 Å². The molecule has 0 saturated carbocycles. The lowest BCUT2D eigenvalue weighted by molar-refractivity contribution is 1.55. The van der Waals surface area contributed by atoms with Crippen LogP contribution in [-0.4, -0.2) is 17.6 Å². The monoisotopic (exact) mass is 308 g/mol. The van der Waals surface area contributed by atoms with Gasteiger partial charge in [0.15, 0.2) is 0 Å². The van der Waals surface area contributed by atoms with Crippen molar-refractivity contribution in [2.45, 2.75) is 26.2 Å². The standard InChI is InChI=1S/C19H24Si2/c1-20(2)19(21(3)4)15-18(16-11-7-5-8-12-16)17-13-9-6-10-14-17/h5-14,20-21H,1-4H3. The van der Waals surface area contributed by atoms with E-state index in [1.54, 1.807) is 4.82 Å². The highest BCUT2D eigenvalue weighted by Gasteiger charge is 2.11. The fourth-order valence-electron chi connectivity index (χ4n) is 2.62. The third-order valence-corrected chi connectivity index (χ3v) is 10.4. The van der Waals surface area contributed by atoms with Gasteiger partial charge in [-0.3, -0.25) is 0 Å². The van der Waals surface area contributed by atoms with Crippen molar-refractivity contribution in [1.82, 2.24) is 0 Å². The Morgan fingerprint density at radius 3 is 1.38 bits per heavy atom. The summed E-state index contributed by atoms with van der Waals surface area (Å²) >= 11 is 0. The van der Waals surface area contributed by atoms with E-state index in [0.29, 0.717) is 0 Å². The molecule has 0 N–H and O–H groups in total. The summed E-state index contributed by atoms with van der Waals surface area (Å²) in [7, 11) is -1.60. The van der Waals surface area contributed by atoms with E-state index in [9.17, 15) is 0 Å². The van der Waals surface area contributed by atoms with Crippen LogP contribution in [0.1, 0.15) is 11.1 Å². The lowest BCUT2D eigenvalue weighted by Crippen LogP contribution is -2.18. The maximum atomic E-state index is 3.84. The van der Waals surface area contributed by atoms with Crippen LogP contribution in [0.4, 0.5) is 0 Å². The first kappa shape index (κ1) is 15.8. The molecule has 2 heteroatoms. The Bertz CT molecular complexity index is 582. The van der Waals surface area contributed by atoms with Crippen LogP contribution in [0.5, 0.6) is 0 Å². The normalized spacial score (nSPS) is 10.6. The molecule has 0 spiro atoms. The maximum Gasteiger partial charge on any atom is 0.0640 e. The average molecular weight is 309 g/mol. The predicted molar refractivity (Wildman–Crippen MR) is 100 cm³/mol. The van der Waals surface area contributed by atoms with Gasteiger partial charge < -0.3 is 0 Å². The van der Waals surface area contributed by atoms with Crippen LogP contribution in [0.3, 0.4) is 0 Å². The molecule has 2 aromatic rings. The van der Waals surface area contributed by atoms with Gasteiger partial charge in [0.25, 0.3) is 0 Å². The molecule has 0 aliphatic carbocycles. The summed E-state index contributed by atoms with van der Waals surface area (Å²) in [6.07, 6.45) is 0. The first-order valence-electron chi connectivity index (χ1n) is 7.71. The van der Waals surface area contributed by atoms with Gasteiger partial charge in [-0.25, -0.2) is 0 Å². The zero-order valence-corrected chi connectivity index (χ0v) is 15.7. The Morgan fingerprint density at radius 1 is 0.667 bits per heavy atom. The van der Waals surface area contributed by atoms with Crippen LogP contribution in [-0.2, 0) is 0 Å².